The highest BCUT2D eigenvalue weighted by Gasteiger charge is 2.27. The van der Waals surface area contributed by atoms with Gasteiger partial charge in [-0.2, -0.15) is 0 Å². The summed E-state index contributed by atoms with van der Waals surface area (Å²) in [7, 11) is 2.01. The molecule has 0 radical (unpaired) electrons. The number of aryl methyl sites for hydroxylation is 2. The lowest BCUT2D eigenvalue weighted by Gasteiger charge is -2.32. The second-order valence-corrected chi connectivity index (χ2v) is 7.52. The van der Waals surface area contributed by atoms with Gasteiger partial charge in [-0.05, 0) is 37.5 Å². The number of carbonyl (C=O) groups excluding carboxylic acids is 1. The third-order valence-electron chi connectivity index (χ3n) is 5.27. The van der Waals surface area contributed by atoms with Crippen LogP contribution in [0, 0.1) is 6.92 Å². The zero-order valence-corrected chi connectivity index (χ0v) is 15.8. The molecule has 0 aliphatic carbocycles. The summed E-state index contributed by atoms with van der Waals surface area (Å²) in [6, 6.07) is 3.81. The smallest absolute Gasteiger partial charge is 0.227 e. The van der Waals surface area contributed by atoms with Crippen molar-refractivity contribution in [3.8, 4) is 0 Å². The molecule has 5 nitrogen and oxygen atoms in total. The summed E-state index contributed by atoms with van der Waals surface area (Å²) >= 11 is 6.25. The van der Waals surface area contributed by atoms with E-state index in [1.54, 1.807) is 6.26 Å². The Morgan fingerprint density at radius 1 is 1.42 bits per heavy atom. The van der Waals surface area contributed by atoms with Gasteiger partial charge in [-0.3, -0.25) is 4.79 Å². The summed E-state index contributed by atoms with van der Waals surface area (Å²) in [5.74, 6) is 1.48. The fraction of sp³-hybridized carbons (Fsp3) is 0.400. The van der Waals surface area contributed by atoms with Crippen LogP contribution in [-0.2, 0) is 18.3 Å². The number of furan rings is 1. The number of benzene rings is 1. The van der Waals surface area contributed by atoms with Crippen molar-refractivity contribution in [1.29, 1.82) is 0 Å². The van der Waals surface area contributed by atoms with Gasteiger partial charge >= 0.3 is 0 Å². The van der Waals surface area contributed by atoms with Crippen LogP contribution in [0.3, 0.4) is 0 Å². The van der Waals surface area contributed by atoms with Gasteiger partial charge in [0.1, 0.15) is 11.4 Å². The average Bonchev–Trinajstić information content (AvgIpc) is 3.22. The van der Waals surface area contributed by atoms with E-state index in [4.69, 9.17) is 16.0 Å². The Morgan fingerprint density at radius 2 is 2.27 bits per heavy atom. The molecule has 0 spiro atoms. The molecule has 1 atom stereocenters. The monoisotopic (exact) mass is 371 g/mol. The Labute approximate surface area is 157 Å². The van der Waals surface area contributed by atoms with Crippen molar-refractivity contribution in [2.75, 3.05) is 13.1 Å². The first-order chi connectivity index (χ1) is 12.5. The molecular weight excluding hydrogens is 350 g/mol. The predicted octanol–water partition coefficient (Wildman–Crippen LogP) is 4.08. The molecular formula is C20H22ClN3O2. The van der Waals surface area contributed by atoms with Gasteiger partial charge in [-0.15, -0.1) is 0 Å². The SMILES string of the molecule is Cc1cc2occ(CC(=O)N3CCCC(c4nccn4C)C3)c2cc1Cl. The van der Waals surface area contributed by atoms with Crippen molar-refractivity contribution in [2.45, 2.75) is 32.1 Å². The van der Waals surface area contributed by atoms with E-state index >= 15 is 0 Å². The van der Waals surface area contributed by atoms with Crippen LogP contribution in [0.1, 0.15) is 35.7 Å². The zero-order valence-electron chi connectivity index (χ0n) is 15.0. The Morgan fingerprint density at radius 3 is 3.04 bits per heavy atom. The van der Waals surface area contributed by atoms with Gasteiger partial charge in [0.05, 0.1) is 12.7 Å². The number of hydrogen-bond acceptors (Lipinski definition) is 3. The molecule has 1 fully saturated rings. The summed E-state index contributed by atoms with van der Waals surface area (Å²) in [5.41, 5.74) is 2.64. The zero-order chi connectivity index (χ0) is 18.3. The summed E-state index contributed by atoms with van der Waals surface area (Å²) in [6.07, 6.45) is 7.86. The fourth-order valence-electron chi connectivity index (χ4n) is 3.80. The normalized spacial score (nSPS) is 17.8. The van der Waals surface area contributed by atoms with E-state index in [-0.39, 0.29) is 5.91 Å². The van der Waals surface area contributed by atoms with Crippen molar-refractivity contribution in [1.82, 2.24) is 14.5 Å². The molecule has 0 bridgehead atoms. The molecule has 4 rings (SSSR count). The average molecular weight is 372 g/mol. The quantitative estimate of drug-likeness (QED) is 0.697. The molecule has 1 aliphatic heterocycles. The van der Waals surface area contributed by atoms with Gasteiger partial charge < -0.3 is 13.9 Å². The van der Waals surface area contributed by atoms with E-state index in [1.807, 2.05) is 48.0 Å². The van der Waals surface area contributed by atoms with Crippen LogP contribution in [0.5, 0.6) is 0 Å². The Kier molecular flexibility index (Phi) is 4.49. The Hall–Kier alpha value is -2.27. The maximum absolute atomic E-state index is 12.9. The standard InChI is InChI=1S/C20H22ClN3O2/c1-13-8-18-16(10-17(13)21)15(12-26-18)9-19(25)24-6-3-4-14(11-24)20-22-5-7-23(20)2/h5,7-8,10,12,14H,3-4,6,9,11H2,1-2H3. The highest BCUT2D eigenvalue weighted by atomic mass is 35.5. The predicted molar refractivity (Wildman–Crippen MR) is 101 cm³/mol. The molecule has 3 heterocycles. The van der Waals surface area contributed by atoms with Crippen LogP contribution in [0.15, 0.2) is 35.2 Å². The van der Waals surface area contributed by atoms with E-state index in [9.17, 15) is 4.79 Å². The lowest BCUT2D eigenvalue weighted by molar-refractivity contribution is -0.131. The second-order valence-electron chi connectivity index (χ2n) is 7.11. The lowest BCUT2D eigenvalue weighted by atomic mass is 9.96. The largest absolute Gasteiger partial charge is 0.464 e. The summed E-state index contributed by atoms with van der Waals surface area (Å²) in [4.78, 5) is 19.3. The summed E-state index contributed by atoms with van der Waals surface area (Å²) in [6.45, 7) is 3.47. The van der Waals surface area contributed by atoms with Crippen molar-refractivity contribution >= 4 is 28.5 Å². The number of imidazole rings is 1. The molecule has 0 N–H and O–H groups in total. The maximum atomic E-state index is 12.9. The minimum absolute atomic E-state index is 0.128. The van der Waals surface area contributed by atoms with E-state index in [0.717, 1.165) is 53.9 Å². The molecule has 1 saturated heterocycles. The number of halogens is 1. The van der Waals surface area contributed by atoms with Gasteiger partial charge in [-0.1, -0.05) is 11.6 Å². The Balaban J connectivity index is 1.51. The number of nitrogens with zero attached hydrogens (tertiary/aromatic N) is 3. The number of hydrogen-bond donors (Lipinski definition) is 0. The number of rotatable bonds is 3. The number of likely N-dealkylation sites (tertiary alicyclic amines) is 1. The first kappa shape index (κ1) is 17.2. The lowest BCUT2D eigenvalue weighted by Crippen LogP contribution is -2.40. The van der Waals surface area contributed by atoms with Crippen molar-refractivity contribution < 1.29 is 9.21 Å². The minimum Gasteiger partial charge on any atom is -0.464 e. The second kappa shape index (κ2) is 6.80. The molecule has 0 saturated carbocycles. The van der Waals surface area contributed by atoms with Crippen LogP contribution >= 0.6 is 11.6 Å². The molecule has 26 heavy (non-hydrogen) atoms. The molecule has 3 aromatic rings. The van der Waals surface area contributed by atoms with Crippen LogP contribution in [0.2, 0.25) is 5.02 Å². The van der Waals surface area contributed by atoms with Gasteiger partial charge in [-0.25, -0.2) is 4.98 Å². The van der Waals surface area contributed by atoms with E-state index in [0.29, 0.717) is 17.4 Å². The van der Waals surface area contributed by atoms with Crippen LogP contribution in [0.25, 0.3) is 11.0 Å². The molecule has 136 valence electrons. The van der Waals surface area contributed by atoms with Gasteiger partial charge in [0.25, 0.3) is 0 Å². The number of aromatic nitrogens is 2. The molecule has 1 unspecified atom stereocenters. The van der Waals surface area contributed by atoms with Crippen LogP contribution in [0.4, 0.5) is 0 Å². The minimum atomic E-state index is 0.128. The van der Waals surface area contributed by atoms with Gasteiger partial charge in [0, 0.05) is 54.4 Å². The fourth-order valence-corrected chi connectivity index (χ4v) is 3.96. The third-order valence-corrected chi connectivity index (χ3v) is 5.68. The highest BCUT2D eigenvalue weighted by molar-refractivity contribution is 6.32. The van der Waals surface area contributed by atoms with Crippen LogP contribution < -0.4 is 0 Å². The molecule has 1 aromatic carbocycles. The first-order valence-corrected chi connectivity index (χ1v) is 9.32. The number of piperidine rings is 1. The van der Waals surface area contributed by atoms with Gasteiger partial charge in [0.2, 0.25) is 5.91 Å². The van der Waals surface area contributed by atoms with E-state index in [1.165, 1.54) is 0 Å². The van der Waals surface area contributed by atoms with Crippen LogP contribution in [-0.4, -0.2) is 33.4 Å². The maximum Gasteiger partial charge on any atom is 0.227 e. The van der Waals surface area contributed by atoms with Crippen molar-refractivity contribution in [3.05, 3.63) is 52.8 Å². The van der Waals surface area contributed by atoms with Crippen molar-refractivity contribution in [3.63, 3.8) is 0 Å². The summed E-state index contributed by atoms with van der Waals surface area (Å²) in [5, 5.41) is 1.62. The van der Waals surface area contributed by atoms with Gasteiger partial charge in [0.15, 0.2) is 0 Å². The third kappa shape index (κ3) is 3.12. The number of fused-ring (bicyclic) bond motifs is 1. The first-order valence-electron chi connectivity index (χ1n) is 8.94. The highest BCUT2D eigenvalue weighted by Crippen LogP contribution is 2.29. The van der Waals surface area contributed by atoms with E-state index in [2.05, 4.69) is 4.98 Å². The number of amides is 1. The topological polar surface area (TPSA) is 51.3 Å². The molecule has 2 aromatic heterocycles. The molecule has 1 aliphatic rings. The summed E-state index contributed by atoms with van der Waals surface area (Å²) < 4.78 is 7.67. The van der Waals surface area contributed by atoms with Crippen molar-refractivity contribution in [2.24, 2.45) is 7.05 Å². The Bertz CT molecular complexity index is 959. The number of carbonyl (C=O) groups is 1. The molecule has 1 amide bonds. The van der Waals surface area contributed by atoms with E-state index < -0.39 is 0 Å². The molecule has 6 heteroatoms.